The summed E-state index contributed by atoms with van der Waals surface area (Å²) in [7, 11) is -1.19. The number of nitrogens with zero attached hydrogens (tertiary/aromatic N) is 1. The summed E-state index contributed by atoms with van der Waals surface area (Å²) < 4.78 is 18.2. The first-order chi connectivity index (χ1) is 7.77. The quantitative estimate of drug-likeness (QED) is 0.761. The Hall–Kier alpha value is -0.660. The minimum atomic E-state index is -2.74. The SMILES string of the molecule is COP(=O)(c1ccccn1)C1CCCCC1. The minimum absolute atomic E-state index is 0.168. The van der Waals surface area contributed by atoms with E-state index >= 15 is 0 Å². The van der Waals surface area contributed by atoms with Crippen molar-refractivity contribution < 1.29 is 9.09 Å². The molecule has 1 aliphatic carbocycles. The average molecular weight is 239 g/mol. The molecule has 3 nitrogen and oxygen atoms in total. The Labute approximate surface area is 96.7 Å². The number of pyridine rings is 1. The third kappa shape index (κ3) is 2.21. The fourth-order valence-electron chi connectivity index (χ4n) is 2.39. The van der Waals surface area contributed by atoms with Gasteiger partial charge in [0, 0.05) is 19.0 Å². The van der Waals surface area contributed by atoms with Crippen LogP contribution in [-0.2, 0) is 9.09 Å². The van der Waals surface area contributed by atoms with Crippen molar-refractivity contribution in [2.24, 2.45) is 0 Å². The molecule has 1 aromatic heterocycles. The Kier molecular flexibility index (Phi) is 3.78. The van der Waals surface area contributed by atoms with Gasteiger partial charge in [0.1, 0.15) is 5.44 Å². The highest BCUT2D eigenvalue weighted by atomic mass is 31.2. The molecule has 1 aromatic rings. The van der Waals surface area contributed by atoms with Gasteiger partial charge in [-0.3, -0.25) is 9.55 Å². The van der Waals surface area contributed by atoms with Gasteiger partial charge in [0.2, 0.25) is 0 Å². The highest BCUT2D eigenvalue weighted by Gasteiger charge is 2.36. The Balaban J connectivity index is 2.28. The van der Waals surface area contributed by atoms with Crippen LogP contribution in [-0.4, -0.2) is 17.8 Å². The second kappa shape index (κ2) is 5.11. The van der Waals surface area contributed by atoms with E-state index in [0.717, 1.165) is 25.7 Å². The summed E-state index contributed by atoms with van der Waals surface area (Å²) in [5.74, 6) is 0. The first-order valence-electron chi connectivity index (χ1n) is 5.84. The normalized spacial score (nSPS) is 21.6. The minimum Gasteiger partial charge on any atom is -0.327 e. The van der Waals surface area contributed by atoms with Crippen LogP contribution in [0.2, 0.25) is 0 Å². The molecule has 0 spiro atoms. The Morgan fingerprint density at radius 1 is 1.31 bits per heavy atom. The lowest BCUT2D eigenvalue weighted by atomic mass is 10.0. The number of rotatable bonds is 3. The molecule has 1 fully saturated rings. The molecule has 1 atom stereocenters. The molecule has 0 aliphatic heterocycles. The van der Waals surface area contributed by atoms with Crippen molar-refractivity contribution in [3.63, 3.8) is 0 Å². The van der Waals surface area contributed by atoms with Crippen molar-refractivity contribution in [1.82, 2.24) is 4.98 Å². The molecular weight excluding hydrogens is 221 g/mol. The maximum atomic E-state index is 12.9. The van der Waals surface area contributed by atoms with Crippen molar-refractivity contribution in [3.8, 4) is 0 Å². The van der Waals surface area contributed by atoms with Crippen LogP contribution < -0.4 is 5.44 Å². The number of hydrogen-bond donors (Lipinski definition) is 0. The summed E-state index contributed by atoms with van der Waals surface area (Å²) in [4.78, 5) is 4.21. The van der Waals surface area contributed by atoms with Gasteiger partial charge in [-0.05, 0) is 25.0 Å². The lowest BCUT2D eigenvalue weighted by Gasteiger charge is -2.28. The van der Waals surface area contributed by atoms with Gasteiger partial charge in [-0.15, -0.1) is 0 Å². The van der Waals surface area contributed by atoms with Crippen LogP contribution in [0.1, 0.15) is 32.1 Å². The van der Waals surface area contributed by atoms with Gasteiger partial charge in [0.05, 0.1) is 0 Å². The topological polar surface area (TPSA) is 39.2 Å². The summed E-state index contributed by atoms with van der Waals surface area (Å²) in [5, 5.41) is 0. The summed E-state index contributed by atoms with van der Waals surface area (Å²) in [6.07, 6.45) is 7.26. The average Bonchev–Trinajstić information content (AvgIpc) is 2.40. The third-order valence-electron chi connectivity index (χ3n) is 3.30. The molecular formula is C12H18NO2P. The van der Waals surface area contributed by atoms with E-state index in [-0.39, 0.29) is 5.66 Å². The standard InChI is InChI=1S/C12H18NO2P/c1-15-16(14,11-7-3-2-4-8-11)12-9-5-6-10-13-12/h5-6,9-11H,2-4,7-8H2,1H3. The largest absolute Gasteiger partial charge is 0.327 e. The van der Waals surface area contributed by atoms with Gasteiger partial charge in [0.15, 0.2) is 0 Å². The zero-order valence-corrected chi connectivity index (χ0v) is 10.5. The lowest BCUT2D eigenvalue weighted by molar-refractivity contribution is 0.372. The molecule has 88 valence electrons. The molecule has 4 heteroatoms. The Bertz CT molecular complexity index is 374. The Morgan fingerprint density at radius 3 is 2.62 bits per heavy atom. The molecule has 1 saturated carbocycles. The van der Waals surface area contributed by atoms with Crippen LogP contribution in [0, 0.1) is 0 Å². The predicted molar refractivity (Wildman–Crippen MR) is 65.4 cm³/mol. The molecule has 0 N–H and O–H groups in total. The second-order valence-electron chi connectivity index (χ2n) is 4.26. The fourth-order valence-corrected chi connectivity index (χ4v) is 4.81. The molecule has 2 rings (SSSR count). The van der Waals surface area contributed by atoms with Crippen LogP contribution in [0.5, 0.6) is 0 Å². The number of hydrogen-bond acceptors (Lipinski definition) is 3. The maximum absolute atomic E-state index is 12.9. The smallest absolute Gasteiger partial charge is 0.252 e. The monoisotopic (exact) mass is 239 g/mol. The maximum Gasteiger partial charge on any atom is 0.252 e. The molecule has 0 bridgehead atoms. The van der Waals surface area contributed by atoms with Gasteiger partial charge in [-0.1, -0.05) is 25.3 Å². The van der Waals surface area contributed by atoms with E-state index < -0.39 is 7.37 Å². The van der Waals surface area contributed by atoms with Crippen molar-refractivity contribution in [1.29, 1.82) is 0 Å². The molecule has 0 radical (unpaired) electrons. The van der Waals surface area contributed by atoms with Gasteiger partial charge in [-0.25, -0.2) is 0 Å². The van der Waals surface area contributed by atoms with Gasteiger partial charge < -0.3 is 4.52 Å². The highest BCUT2D eigenvalue weighted by molar-refractivity contribution is 7.67. The van der Waals surface area contributed by atoms with Crippen molar-refractivity contribution in [2.75, 3.05) is 7.11 Å². The molecule has 1 unspecified atom stereocenters. The van der Waals surface area contributed by atoms with E-state index in [9.17, 15) is 4.57 Å². The van der Waals surface area contributed by atoms with Crippen LogP contribution >= 0.6 is 7.37 Å². The highest BCUT2D eigenvalue weighted by Crippen LogP contribution is 2.54. The van der Waals surface area contributed by atoms with E-state index in [1.54, 1.807) is 13.3 Å². The molecule has 0 amide bonds. The van der Waals surface area contributed by atoms with Gasteiger partial charge in [0.25, 0.3) is 7.37 Å². The van der Waals surface area contributed by atoms with Crippen molar-refractivity contribution in [3.05, 3.63) is 24.4 Å². The molecule has 1 heterocycles. The van der Waals surface area contributed by atoms with E-state index in [1.165, 1.54) is 6.42 Å². The summed E-state index contributed by atoms with van der Waals surface area (Å²) in [6, 6.07) is 5.53. The van der Waals surface area contributed by atoms with Gasteiger partial charge in [-0.2, -0.15) is 0 Å². The zero-order chi connectivity index (χ0) is 11.4. The van der Waals surface area contributed by atoms with Gasteiger partial charge >= 0.3 is 0 Å². The summed E-state index contributed by atoms with van der Waals surface area (Å²) in [5.41, 5.74) is 0.797. The second-order valence-corrected chi connectivity index (χ2v) is 7.01. The molecule has 16 heavy (non-hydrogen) atoms. The van der Waals surface area contributed by atoms with Crippen molar-refractivity contribution >= 4 is 12.8 Å². The number of aromatic nitrogens is 1. The van der Waals surface area contributed by atoms with E-state index in [1.807, 2.05) is 18.2 Å². The third-order valence-corrected chi connectivity index (χ3v) is 6.22. The molecule has 0 saturated heterocycles. The Morgan fingerprint density at radius 2 is 2.06 bits per heavy atom. The van der Waals surface area contributed by atoms with E-state index in [0.29, 0.717) is 5.44 Å². The van der Waals surface area contributed by atoms with E-state index in [2.05, 4.69) is 4.98 Å². The molecule has 0 aromatic carbocycles. The predicted octanol–water partition coefficient (Wildman–Crippen LogP) is 2.96. The van der Waals surface area contributed by atoms with Crippen LogP contribution in [0.3, 0.4) is 0 Å². The first kappa shape index (κ1) is 11.8. The van der Waals surface area contributed by atoms with Crippen LogP contribution in [0.15, 0.2) is 24.4 Å². The first-order valence-corrected chi connectivity index (χ1v) is 7.54. The van der Waals surface area contributed by atoms with Crippen LogP contribution in [0.4, 0.5) is 0 Å². The van der Waals surface area contributed by atoms with Crippen LogP contribution in [0.25, 0.3) is 0 Å². The summed E-state index contributed by atoms with van der Waals surface area (Å²) >= 11 is 0. The lowest BCUT2D eigenvalue weighted by Crippen LogP contribution is -2.23. The fraction of sp³-hybridized carbons (Fsp3) is 0.583. The molecule has 1 aliphatic rings. The zero-order valence-electron chi connectivity index (χ0n) is 9.63. The van der Waals surface area contributed by atoms with Crippen molar-refractivity contribution in [2.45, 2.75) is 37.8 Å². The van der Waals surface area contributed by atoms with E-state index in [4.69, 9.17) is 4.52 Å². The summed E-state index contributed by atoms with van der Waals surface area (Å²) in [6.45, 7) is 0.